The monoisotopic (exact) mass is 313 g/mol. The Bertz CT molecular complexity index is 583. The van der Waals surface area contributed by atoms with E-state index < -0.39 is 21.1 Å². The lowest BCUT2D eigenvalue weighted by Gasteiger charge is -2.38. The summed E-state index contributed by atoms with van der Waals surface area (Å²) in [6.07, 6.45) is 7.89. The zero-order chi connectivity index (χ0) is 15.6. The highest BCUT2D eigenvalue weighted by Gasteiger charge is 2.38. The molecule has 1 aromatic heterocycles. The van der Waals surface area contributed by atoms with Crippen LogP contribution in [0.15, 0.2) is 18.5 Å². The number of aromatic nitrogens is 2. The molecule has 2 rings (SSSR count). The maximum atomic E-state index is 12.6. The SMILES string of the molecule is CC(C(=O)N(C)C1CCCCC1S(C)(=O)=O)n1cccn1. The first-order valence-corrected chi connectivity index (χ1v) is 9.22. The average molecular weight is 313 g/mol. The standard InChI is InChI=1S/C14H23N3O3S/c1-11(17-10-6-9-15-17)14(18)16(2)12-7-4-5-8-13(12)21(3,19)20/h6,9-13H,4-5,7-8H2,1-3H3. The van der Waals surface area contributed by atoms with Crippen molar-refractivity contribution in [1.29, 1.82) is 0 Å². The van der Waals surface area contributed by atoms with Crippen LogP contribution in [0.3, 0.4) is 0 Å². The van der Waals surface area contributed by atoms with Crippen molar-refractivity contribution in [3.8, 4) is 0 Å². The molecule has 1 amide bonds. The Hall–Kier alpha value is -1.37. The quantitative estimate of drug-likeness (QED) is 0.839. The number of nitrogens with zero attached hydrogens (tertiary/aromatic N) is 3. The molecule has 1 aliphatic rings. The van der Waals surface area contributed by atoms with Gasteiger partial charge in [0.05, 0.1) is 5.25 Å². The topological polar surface area (TPSA) is 72.3 Å². The van der Waals surface area contributed by atoms with E-state index in [1.54, 1.807) is 42.0 Å². The van der Waals surface area contributed by atoms with Gasteiger partial charge in [-0.25, -0.2) is 8.42 Å². The molecule has 21 heavy (non-hydrogen) atoms. The molecule has 1 saturated carbocycles. The highest BCUT2D eigenvalue weighted by Crippen LogP contribution is 2.28. The van der Waals surface area contributed by atoms with Gasteiger partial charge in [0, 0.05) is 31.7 Å². The predicted octanol–water partition coefficient (Wildman–Crippen LogP) is 1.26. The van der Waals surface area contributed by atoms with Crippen LogP contribution < -0.4 is 0 Å². The first kappa shape index (κ1) is 16.0. The fourth-order valence-corrected chi connectivity index (χ4v) is 4.58. The van der Waals surface area contributed by atoms with Gasteiger partial charge >= 0.3 is 0 Å². The van der Waals surface area contributed by atoms with Crippen LogP contribution >= 0.6 is 0 Å². The lowest BCUT2D eigenvalue weighted by atomic mass is 9.93. The molecule has 1 aromatic rings. The third-order valence-corrected chi connectivity index (χ3v) is 5.99. The van der Waals surface area contributed by atoms with Crippen molar-refractivity contribution in [2.24, 2.45) is 0 Å². The van der Waals surface area contributed by atoms with E-state index in [0.29, 0.717) is 6.42 Å². The summed E-state index contributed by atoms with van der Waals surface area (Å²) in [5, 5.41) is 3.63. The smallest absolute Gasteiger partial charge is 0.247 e. The van der Waals surface area contributed by atoms with Crippen LogP contribution in [0, 0.1) is 0 Å². The second kappa shape index (κ2) is 6.17. The molecule has 7 heteroatoms. The van der Waals surface area contributed by atoms with Crippen molar-refractivity contribution in [3.05, 3.63) is 18.5 Å². The van der Waals surface area contributed by atoms with Crippen LogP contribution in [-0.4, -0.2) is 53.6 Å². The van der Waals surface area contributed by atoms with Crippen LogP contribution in [0.25, 0.3) is 0 Å². The number of amides is 1. The molecule has 1 aliphatic carbocycles. The molecule has 6 nitrogen and oxygen atoms in total. The highest BCUT2D eigenvalue weighted by atomic mass is 32.2. The Labute approximate surface area is 126 Å². The van der Waals surface area contributed by atoms with Crippen molar-refractivity contribution in [2.45, 2.75) is 49.9 Å². The lowest BCUT2D eigenvalue weighted by molar-refractivity contribution is -0.135. The molecule has 0 radical (unpaired) electrons. The van der Waals surface area contributed by atoms with Crippen LogP contribution in [0.5, 0.6) is 0 Å². The van der Waals surface area contributed by atoms with E-state index >= 15 is 0 Å². The highest BCUT2D eigenvalue weighted by molar-refractivity contribution is 7.91. The van der Waals surface area contributed by atoms with E-state index in [0.717, 1.165) is 19.3 Å². The van der Waals surface area contributed by atoms with E-state index in [4.69, 9.17) is 0 Å². The van der Waals surface area contributed by atoms with E-state index in [9.17, 15) is 13.2 Å². The largest absolute Gasteiger partial charge is 0.340 e. The molecule has 0 aromatic carbocycles. The maximum absolute atomic E-state index is 12.6. The zero-order valence-electron chi connectivity index (χ0n) is 12.8. The van der Waals surface area contributed by atoms with Gasteiger partial charge in [0.15, 0.2) is 9.84 Å². The van der Waals surface area contributed by atoms with Crippen molar-refractivity contribution in [3.63, 3.8) is 0 Å². The molecule has 1 heterocycles. The van der Waals surface area contributed by atoms with Crippen LogP contribution in [0.1, 0.15) is 38.6 Å². The summed E-state index contributed by atoms with van der Waals surface area (Å²) in [5.74, 6) is -0.0979. The molecular formula is C14H23N3O3S. The van der Waals surface area contributed by atoms with Gasteiger partial charge in [-0.05, 0) is 25.8 Å². The fraction of sp³-hybridized carbons (Fsp3) is 0.714. The van der Waals surface area contributed by atoms with E-state index in [-0.39, 0.29) is 11.9 Å². The van der Waals surface area contributed by atoms with Gasteiger partial charge in [-0.15, -0.1) is 0 Å². The molecule has 3 unspecified atom stereocenters. The minimum absolute atomic E-state index is 0.0979. The number of hydrogen-bond donors (Lipinski definition) is 0. The lowest BCUT2D eigenvalue weighted by Crippen LogP contribution is -2.50. The minimum Gasteiger partial charge on any atom is -0.340 e. The van der Waals surface area contributed by atoms with Gasteiger partial charge in [-0.2, -0.15) is 5.10 Å². The van der Waals surface area contributed by atoms with Gasteiger partial charge in [-0.3, -0.25) is 9.48 Å². The van der Waals surface area contributed by atoms with Gasteiger partial charge in [-0.1, -0.05) is 12.8 Å². The number of rotatable bonds is 4. The molecule has 0 N–H and O–H groups in total. The third-order valence-electron chi connectivity index (χ3n) is 4.34. The Morgan fingerprint density at radius 2 is 2.05 bits per heavy atom. The zero-order valence-corrected chi connectivity index (χ0v) is 13.6. The summed E-state index contributed by atoms with van der Waals surface area (Å²) in [6.45, 7) is 1.78. The number of likely N-dealkylation sites (N-methyl/N-ethyl adjacent to an activating group) is 1. The van der Waals surface area contributed by atoms with E-state index in [2.05, 4.69) is 5.10 Å². The molecule has 1 fully saturated rings. The first-order chi connectivity index (χ1) is 9.82. The minimum atomic E-state index is -3.15. The number of hydrogen-bond acceptors (Lipinski definition) is 4. The third kappa shape index (κ3) is 3.45. The Balaban J connectivity index is 2.17. The summed E-state index contributed by atoms with van der Waals surface area (Å²) in [7, 11) is -1.44. The van der Waals surface area contributed by atoms with Crippen LogP contribution in [0.2, 0.25) is 0 Å². The second-order valence-electron chi connectivity index (χ2n) is 5.83. The Kier molecular flexibility index (Phi) is 4.70. The molecular weight excluding hydrogens is 290 g/mol. The van der Waals surface area contributed by atoms with Crippen molar-refractivity contribution in [2.75, 3.05) is 13.3 Å². The first-order valence-electron chi connectivity index (χ1n) is 7.27. The summed E-state index contributed by atoms with van der Waals surface area (Å²) < 4.78 is 25.5. The van der Waals surface area contributed by atoms with Gasteiger partial charge < -0.3 is 4.90 Å². The number of carbonyl (C=O) groups is 1. The summed E-state index contributed by atoms with van der Waals surface area (Å²) in [5.41, 5.74) is 0. The van der Waals surface area contributed by atoms with Crippen molar-refractivity contribution in [1.82, 2.24) is 14.7 Å². The molecule has 0 aliphatic heterocycles. The van der Waals surface area contributed by atoms with Crippen molar-refractivity contribution < 1.29 is 13.2 Å². The summed E-state index contributed by atoms with van der Waals surface area (Å²) in [4.78, 5) is 14.2. The summed E-state index contributed by atoms with van der Waals surface area (Å²) >= 11 is 0. The second-order valence-corrected chi connectivity index (χ2v) is 8.10. The van der Waals surface area contributed by atoms with Crippen LogP contribution in [0.4, 0.5) is 0 Å². The molecule has 0 saturated heterocycles. The molecule has 0 bridgehead atoms. The summed E-state index contributed by atoms with van der Waals surface area (Å²) in [6, 6.07) is 1.11. The van der Waals surface area contributed by atoms with E-state index in [1.807, 2.05) is 0 Å². The molecule has 3 atom stereocenters. The number of carbonyl (C=O) groups excluding carboxylic acids is 1. The maximum Gasteiger partial charge on any atom is 0.247 e. The van der Waals surface area contributed by atoms with Crippen molar-refractivity contribution >= 4 is 15.7 Å². The Morgan fingerprint density at radius 1 is 1.38 bits per heavy atom. The van der Waals surface area contributed by atoms with Gasteiger partial charge in [0.25, 0.3) is 0 Å². The predicted molar refractivity (Wildman–Crippen MR) is 80.6 cm³/mol. The number of sulfone groups is 1. The molecule has 0 spiro atoms. The fourth-order valence-electron chi connectivity index (χ4n) is 3.10. The Morgan fingerprint density at radius 3 is 2.62 bits per heavy atom. The van der Waals surface area contributed by atoms with E-state index in [1.165, 1.54) is 6.26 Å². The van der Waals surface area contributed by atoms with Gasteiger partial charge in [0.1, 0.15) is 6.04 Å². The van der Waals surface area contributed by atoms with Crippen LogP contribution in [-0.2, 0) is 14.6 Å². The molecule has 118 valence electrons. The van der Waals surface area contributed by atoms with Gasteiger partial charge in [0.2, 0.25) is 5.91 Å². The average Bonchev–Trinajstić information content (AvgIpc) is 2.98. The normalized spacial score (nSPS) is 24.5.